The molecule has 0 saturated carbocycles. The monoisotopic (exact) mass is 284 g/mol. The summed E-state index contributed by atoms with van der Waals surface area (Å²) in [6, 6.07) is 12.0. The van der Waals surface area contributed by atoms with Gasteiger partial charge < -0.3 is 10.5 Å². The van der Waals surface area contributed by atoms with Crippen molar-refractivity contribution in [3.8, 4) is 16.3 Å². The van der Waals surface area contributed by atoms with Crippen molar-refractivity contribution in [3.63, 3.8) is 0 Å². The smallest absolute Gasteiger partial charge is 0.126 e. The SMILES string of the molecule is CCOc1ccc2nc(-c3cccc(C)c3N)sc2c1. The summed E-state index contributed by atoms with van der Waals surface area (Å²) in [7, 11) is 0. The van der Waals surface area contributed by atoms with Crippen LogP contribution in [-0.4, -0.2) is 11.6 Å². The molecule has 1 heterocycles. The van der Waals surface area contributed by atoms with E-state index in [0.29, 0.717) is 6.61 Å². The molecule has 102 valence electrons. The molecule has 0 unspecified atom stereocenters. The van der Waals surface area contributed by atoms with Crippen molar-refractivity contribution in [2.24, 2.45) is 0 Å². The van der Waals surface area contributed by atoms with E-state index in [1.165, 1.54) is 0 Å². The van der Waals surface area contributed by atoms with Crippen LogP contribution in [0.4, 0.5) is 5.69 Å². The molecular formula is C16H16N2OS. The summed E-state index contributed by atoms with van der Waals surface area (Å²) < 4.78 is 6.64. The molecule has 0 amide bonds. The van der Waals surface area contributed by atoms with E-state index in [0.717, 1.165) is 37.8 Å². The zero-order valence-electron chi connectivity index (χ0n) is 11.5. The van der Waals surface area contributed by atoms with Crippen LogP contribution in [0.1, 0.15) is 12.5 Å². The summed E-state index contributed by atoms with van der Waals surface area (Å²) in [5, 5.41) is 0.954. The summed E-state index contributed by atoms with van der Waals surface area (Å²) in [5.74, 6) is 0.882. The predicted octanol–water partition coefficient (Wildman–Crippen LogP) is 4.25. The van der Waals surface area contributed by atoms with Gasteiger partial charge in [0.1, 0.15) is 10.8 Å². The van der Waals surface area contributed by atoms with Gasteiger partial charge in [0.05, 0.1) is 16.8 Å². The minimum Gasteiger partial charge on any atom is -0.494 e. The Hall–Kier alpha value is -2.07. The van der Waals surface area contributed by atoms with Crippen molar-refractivity contribution in [3.05, 3.63) is 42.0 Å². The lowest BCUT2D eigenvalue weighted by Gasteiger charge is -2.04. The van der Waals surface area contributed by atoms with Crippen molar-refractivity contribution in [2.45, 2.75) is 13.8 Å². The lowest BCUT2D eigenvalue weighted by Crippen LogP contribution is -1.92. The molecule has 0 spiro atoms. The van der Waals surface area contributed by atoms with Gasteiger partial charge in [-0.25, -0.2) is 4.98 Å². The van der Waals surface area contributed by atoms with Gasteiger partial charge in [-0.3, -0.25) is 0 Å². The molecular weight excluding hydrogens is 268 g/mol. The summed E-state index contributed by atoms with van der Waals surface area (Å²) in [5.41, 5.74) is 10.0. The third kappa shape index (κ3) is 2.23. The molecule has 3 rings (SSSR count). The lowest BCUT2D eigenvalue weighted by molar-refractivity contribution is 0.341. The summed E-state index contributed by atoms with van der Waals surface area (Å²) in [6.45, 7) is 4.66. The number of hydrogen-bond acceptors (Lipinski definition) is 4. The highest BCUT2D eigenvalue weighted by atomic mass is 32.1. The number of hydrogen-bond donors (Lipinski definition) is 1. The van der Waals surface area contributed by atoms with E-state index >= 15 is 0 Å². The van der Waals surface area contributed by atoms with E-state index in [4.69, 9.17) is 10.5 Å². The van der Waals surface area contributed by atoms with Crippen molar-refractivity contribution in [1.82, 2.24) is 4.98 Å². The molecule has 3 nitrogen and oxygen atoms in total. The maximum atomic E-state index is 6.16. The molecule has 0 fully saturated rings. The van der Waals surface area contributed by atoms with E-state index in [-0.39, 0.29) is 0 Å². The van der Waals surface area contributed by atoms with Gasteiger partial charge in [-0.05, 0) is 43.7 Å². The zero-order valence-corrected chi connectivity index (χ0v) is 12.3. The normalized spacial score (nSPS) is 10.9. The van der Waals surface area contributed by atoms with E-state index in [1.807, 2.05) is 50.2 Å². The van der Waals surface area contributed by atoms with Gasteiger partial charge in [-0.15, -0.1) is 11.3 Å². The fourth-order valence-corrected chi connectivity index (χ4v) is 3.18. The summed E-state index contributed by atoms with van der Waals surface area (Å²) >= 11 is 1.64. The molecule has 0 aliphatic carbocycles. The fraction of sp³-hybridized carbons (Fsp3) is 0.188. The van der Waals surface area contributed by atoms with Crippen molar-refractivity contribution in [2.75, 3.05) is 12.3 Å². The Morgan fingerprint density at radius 2 is 2.10 bits per heavy atom. The summed E-state index contributed by atoms with van der Waals surface area (Å²) in [6.07, 6.45) is 0. The third-order valence-electron chi connectivity index (χ3n) is 3.23. The number of ether oxygens (including phenoxy) is 1. The maximum Gasteiger partial charge on any atom is 0.126 e. The Labute approximate surface area is 122 Å². The van der Waals surface area contributed by atoms with Crippen LogP contribution in [-0.2, 0) is 0 Å². The number of nitrogen functional groups attached to an aromatic ring is 1. The van der Waals surface area contributed by atoms with Gasteiger partial charge in [-0.2, -0.15) is 0 Å². The van der Waals surface area contributed by atoms with Crippen molar-refractivity contribution >= 4 is 27.2 Å². The molecule has 0 aliphatic heterocycles. The van der Waals surface area contributed by atoms with Crippen LogP contribution in [0.3, 0.4) is 0 Å². The van der Waals surface area contributed by atoms with Gasteiger partial charge in [0.15, 0.2) is 0 Å². The fourth-order valence-electron chi connectivity index (χ4n) is 2.14. The number of anilines is 1. The zero-order chi connectivity index (χ0) is 14.1. The first kappa shape index (κ1) is 12.9. The molecule has 0 bridgehead atoms. The molecule has 0 aliphatic rings. The molecule has 20 heavy (non-hydrogen) atoms. The summed E-state index contributed by atoms with van der Waals surface area (Å²) in [4.78, 5) is 4.67. The number of aromatic nitrogens is 1. The minimum absolute atomic E-state index is 0.669. The second kappa shape index (κ2) is 5.13. The van der Waals surface area contributed by atoms with Crippen LogP contribution in [0.15, 0.2) is 36.4 Å². The van der Waals surface area contributed by atoms with Crippen LogP contribution in [0.2, 0.25) is 0 Å². The first-order chi connectivity index (χ1) is 9.69. The number of rotatable bonds is 3. The first-order valence-corrected chi connectivity index (χ1v) is 7.39. The second-order valence-corrected chi connectivity index (χ2v) is 5.65. The van der Waals surface area contributed by atoms with Crippen LogP contribution in [0, 0.1) is 6.92 Å². The number of thiazole rings is 1. The Kier molecular flexibility index (Phi) is 3.32. The lowest BCUT2D eigenvalue weighted by atomic mass is 10.1. The van der Waals surface area contributed by atoms with Gasteiger partial charge >= 0.3 is 0 Å². The van der Waals surface area contributed by atoms with E-state index < -0.39 is 0 Å². The Morgan fingerprint density at radius 3 is 2.90 bits per heavy atom. The molecule has 1 aromatic heterocycles. The number of nitrogens with zero attached hydrogens (tertiary/aromatic N) is 1. The highest BCUT2D eigenvalue weighted by molar-refractivity contribution is 7.21. The molecule has 2 N–H and O–H groups in total. The Bertz CT molecular complexity index is 764. The van der Waals surface area contributed by atoms with Gasteiger partial charge in [0.2, 0.25) is 0 Å². The van der Waals surface area contributed by atoms with Gasteiger partial charge in [0.25, 0.3) is 0 Å². The number of para-hydroxylation sites is 1. The van der Waals surface area contributed by atoms with E-state index in [9.17, 15) is 0 Å². The predicted molar refractivity (Wildman–Crippen MR) is 85.4 cm³/mol. The van der Waals surface area contributed by atoms with Crippen molar-refractivity contribution in [1.29, 1.82) is 0 Å². The van der Waals surface area contributed by atoms with Gasteiger partial charge in [-0.1, -0.05) is 12.1 Å². The molecule has 4 heteroatoms. The average Bonchev–Trinajstić information content (AvgIpc) is 2.85. The van der Waals surface area contributed by atoms with Crippen LogP contribution >= 0.6 is 11.3 Å². The Balaban J connectivity index is 2.10. The highest BCUT2D eigenvalue weighted by Crippen LogP contribution is 2.35. The number of nitrogens with two attached hydrogens (primary N) is 1. The molecule has 0 atom stereocenters. The first-order valence-electron chi connectivity index (χ1n) is 6.58. The number of aryl methyl sites for hydroxylation is 1. The van der Waals surface area contributed by atoms with Crippen LogP contribution in [0.25, 0.3) is 20.8 Å². The minimum atomic E-state index is 0.669. The Morgan fingerprint density at radius 1 is 1.25 bits per heavy atom. The van der Waals surface area contributed by atoms with E-state index in [1.54, 1.807) is 11.3 Å². The second-order valence-electron chi connectivity index (χ2n) is 4.62. The molecule has 3 aromatic rings. The standard InChI is InChI=1S/C16H16N2OS/c1-3-19-11-7-8-13-14(9-11)20-16(18-13)12-6-4-5-10(2)15(12)17/h4-9H,3,17H2,1-2H3. The molecule has 0 saturated heterocycles. The van der Waals surface area contributed by atoms with Crippen molar-refractivity contribution < 1.29 is 4.74 Å². The van der Waals surface area contributed by atoms with E-state index in [2.05, 4.69) is 4.98 Å². The third-order valence-corrected chi connectivity index (χ3v) is 4.28. The van der Waals surface area contributed by atoms with Crippen LogP contribution < -0.4 is 10.5 Å². The highest BCUT2D eigenvalue weighted by Gasteiger charge is 2.10. The largest absolute Gasteiger partial charge is 0.494 e. The quantitative estimate of drug-likeness (QED) is 0.731. The maximum absolute atomic E-state index is 6.16. The van der Waals surface area contributed by atoms with Gasteiger partial charge in [0, 0.05) is 11.3 Å². The van der Waals surface area contributed by atoms with Crippen LogP contribution in [0.5, 0.6) is 5.75 Å². The average molecular weight is 284 g/mol. The molecule has 0 radical (unpaired) electrons. The number of fused-ring (bicyclic) bond motifs is 1. The molecule has 2 aromatic carbocycles. The topological polar surface area (TPSA) is 48.1 Å². The number of benzene rings is 2.